The van der Waals surface area contributed by atoms with E-state index in [1.54, 1.807) is 11.8 Å². The first-order valence-electron chi connectivity index (χ1n) is 5.89. The summed E-state index contributed by atoms with van der Waals surface area (Å²) < 4.78 is 5.77. The minimum atomic E-state index is 0.395. The Balaban J connectivity index is 2.88. The standard InChI is InChI=1S/C13H20N2OS2/c1-4-18-11-7-5-6-10(12(11)13(14)17)16-9-8-15(2)3/h5-7H,4,8-9H2,1-3H3,(H2,14,17). The molecule has 0 aliphatic heterocycles. The van der Waals surface area contributed by atoms with Crippen LogP contribution in [0.2, 0.25) is 0 Å². The van der Waals surface area contributed by atoms with Crippen LogP contribution in [-0.4, -0.2) is 42.9 Å². The molecule has 1 aromatic carbocycles. The molecule has 2 N–H and O–H groups in total. The van der Waals surface area contributed by atoms with Crippen molar-refractivity contribution in [2.75, 3.05) is 33.0 Å². The van der Waals surface area contributed by atoms with Crippen molar-refractivity contribution in [2.24, 2.45) is 5.73 Å². The molecule has 0 saturated carbocycles. The predicted molar refractivity (Wildman–Crippen MR) is 82.8 cm³/mol. The third-order valence-electron chi connectivity index (χ3n) is 2.33. The van der Waals surface area contributed by atoms with Crippen LogP contribution >= 0.6 is 24.0 Å². The van der Waals surface area contributed by atoms with Crippen molar-refractivity contribution in [2.45, 2.75) is 11.8 Å². The molecule has 0 amide bonds. The topological polar surface area (TPSA) is 38.5 Å². The van der Waals surface area contributed by atoms with Crippen LogP contribution in [0.4, 0.5) is 0 Å². The van der Waals surface area contributed by atoms with Crippen LogP contribution in [0.25, 0.3) is 0 Å². The van der Waals surface area contributed by atoms with E-state index in [1.807, 2.05) is 32.3 Å². The summed E-state index contributed by atoms with van der Waals surface area (Å²) in [6, 6.07) is 5.93. The maximum atomic E-state index is 5.80. The highest BCUT2D eigenvalue weighted by atomic mass is 32.2. The van der Waals surface area contributed by atoms with Crippen molar-refractivity contribution in [1.82, 2.24) is 4.90 Å². The van der Waals surface area contributed by atoms with Gasteiger partial charge in [0.25, 0.3) is 0 Å². The van der Waals surface area contributed by atoms with Gasteiger partial charge in [0.1, 0.15) is 17.3 Å². The van der Waals surface area contributed by atoms with E-state index in [0.717, 1.165) is 28.5 Å². The molecule has 3 nitrogen and oxygen atoms in total. The number of likely N-dealkylation sites (N-methyl/N-ethyl adjacent to an activating group) is 1. The molecule has 0 spiro atoms. The molecule has 0 unspecified atom stereocenters. The molecule has 18 heavy (non-hydrogen) atoms. The smallest absolute Gasteiger partial charge is 0.130 e. The van der Waals surface area contributed by atoms with Crippen molar-refractivity contribution in [3.8, 4) is 5.75 Å². The first-order chi connectivity index (χ1) is 8.56. The Bertz CT molecular complexity index is 408. The molecular weight excluding hydrogens is 264 g/mol. The van der Waals surface area contributed by atoms with E-state index in [9.17, 15) is 0 Å². The molecule has 0 aliphatic carbocycles. The first-order valence-corrected chi connectivity index (χ1v) is 7.28. The van der Waals surface area contributed by atoms with Crippen molar-refractivity contribution in [3.63, 3.8) is 0 Å². The lowest BCUT2D eigenvalue weighted by atomic mass is 10.2. The Morgan fingerprint density at radius 3 is 2.72 bits per heavy atom. The summed E-state index contributed by atoms with van der Waals surface area (Å²) in [5.41, 5.74) is 6.66. The third-order valence-corrected chi connectivity index (χ3v) is 3.47. The number of nitrogens with two attached hydrogens (primary N) is 1. The second-order valence-electron chi connectivity index (χ2n) is 4.08. The average Bonchev–Trinajstić information content (AvgIpc) is 2.28. The van der Waals surface area contributed by atoms with Gasteiger partial charge in [-0.05, 0) is 32.0 Å². The van der Waals surface area contributed by atoms with Gasteiger partial charge in [0, 0.05) is 11.4 Å². The molecule has 0 fully saturated rings. The third kappa shape index (κ3) is 4.48. The van der Waals surface area contributed by atoms with E-state index in [4.69, 9.17) is 22.7 Å². The lowest BCUT2D eigenvalue weighted by Gasteiger charge is -2.15. The Hall–Kier alpha value is -0.780. The van der Waals surface area contributed by atoms with Gasteiger partial charge < -0.3 is 15.4 Å². The van der Waals surface area contributed by atoms with E-state index in [-0.39, 0.29) is 0 Å². The second kappa shape index (κ2) is 7.61. The highest BCUT2D eigenvalue weighted by Crippen LogP contribution is 2.30. The average molecular weight is 284 g/mol. The molecule has 1 aromatic rings. The number of hydrogen-bond donors (Lipinski definition) is 1. The van der Waals surface area contributed by atoms with Gasteiger partial charge in [0.05, 0.1) is 5.56 Å². The van der Waals surface area contributed by atoms with Crippen molar-refractivity contribution in [3.05, 3.63) is 23.8 Å². The maximum absolute atomic E-state index is 5.80. The van der Waals surface area contributed by atoms with E-state index in [1.165, 1.54) is 0 Å². The summed E-state index contributed by atoms with van der Waals surface area (Å²) in [5, 5.41) is 0. The molecule has 0 atom stereocenters. The zero-order valence-corrected chi connectivity index (χ0v) is 12.7. The Labute approximate surface area is 119 Å². The van der Waals surface area contributed by atoms with Crippen LogP contribution in [0, 0.1) is 0 Å². The molecule has 0 aliphatic rings. The second-order valence-corrected chi connectivity index (χ2v) is 5.82. The summed E-state index contributed by atoms with van der Waals surface area (Å²) in [7, 11) is 4.03. The molecule has 5 heteroatoms. The quantitative estimate of drug-likeness (QED) is 0.615. The zero-order valence-electron chi connectivity index (χ0n) is 11.1. The summed E-state index contributed by atoms with van der Waals surface area (Å²) in [6.45, 7) is 3.60. The van der Waals surface area contributed by atoms with Crippen LogP contribution in [0.3, 0.4) is 0 Å². The van der Waals surface area contributed by atoms with E-state index in [2.05, 4.69) is 11.8 Å². The van der Waals surface area contributed by atoms with Crippen molar-refractivity contribution in [1.29, 1.82) is 0 Å². The maximum Gasteiger partial charge on any atom is 0.130 e. The van der Waals surface area contributed by atoms with Crippen LogP contribution < -0.4 is 10.5 Å². The van der Waals surface area contributed by atoms with Crippen LogP contribution in [-0.2, 0) is 0 Å². The summed E-state index contributed by atoms with van der Waals surface area (Å²) in [4.78, 5) is 3.56. The molecule has 100 valence electrons. The van der Waals surface area contributed by atoms with Gasteiger partial charge in [0.2, 0.25) is 0 Å². The number of hydrogen-bond acceptors (Lipinski definition) is 4. The highest BCUT2D eigenvalue weighted by Gasteiger charge is 2.12. The Morgan fingerprint density at radius 2 is 2.17 bits per heavy atom. The molecule has 0 bridgehead atoms. The number of benzene rings is 1. The van der Waals surface area contributed by atoms with E-state index >= 15 is 0 Å². The molecule has 0 heterocycles. The lowest BCUT2D eigenvalue weighted by Crippen LogP contribution is -2.21. The van der Waals surface area contributed by atoms with Crippen molar-refractivity contribution >= 4 is 29.0 Å². The van der Waals surface area contributed by atoms with Crippen LogP contribution in [0.1, 0.15) is 12.5 Å². The zero-order chi connectivity index (χ0) is 13.5. The SMILES string of the molecule is CCSc1cccc(OCCN(C)C)c1C(N)=S. The summed E-state index contributed by atoms with van der Waals surface area (Å²) in [5.74, 6) is 1.76. The predicted octanol–water partition coefficient (Wildman–Crippen LogP) is 2.37. The molecule has 0 radical (unpaired) electrons. The number of rotatable bonds is 7. The summed E-state index contributed by atoms with van der Waals surface area (Å²) in [6.07, 6.45) is 0. The lowest BCUT2D eigenvalue weighted by molar-refractivity contribution is 0.260. The van der Waals surface area contributed by atoms with Gasteiger partial charge in [-0.25, -0.2) is 0 Å². The molecule has 0 aromatic heterocycles. The molecular formula is C13H20N2OS2. The largest absolute Gasteiger partial charge is 0.491 e. The van der Waals surface area contributed by atoms with Crippen LogP contribution in [0.5, 0.6) is 5.75 Å². The highest BCUT2D eigenvalue weighted by molar-refractivity contribution is 7.99. The minimum absolute atomic E-state index is 0.395. The first kappa shape index (κ1) is 15.3. The molecule has 1 rings (SSSR count). The van der Waals surface area contributed by atoms with Crippen molar-refractivity contribution < 1.29 is 4.74 Å². The Morgan fingerprint density at radius 1 is 1.44 bits per heavy atom. The number of thiocarbonyl (C=S) groups is 1. The number of thioether (sulfide) groups is 1. The fourth-order valence-electron chi connectivity index (χ4n) is 1.49. The molecule has 0 saturated heterocycles. The van der Waals surface area contributed by atoms with Gasteiger partial charge in [-0.1, -0.05) is 25.2 Å². The fraction of sp³-hybridized carbons (Fsp3) is 0.462. The van der Waals surface area contributed by atoms with Gasteiger partial charge >= 0.3 is 0 Å². The van der Waals surface area contributed by atoms with Crippen LogP contribution in [0.15, 0.2) is 23.1 Å². The monoisotopic (exact) mass is 284 g/mol. The normalized spacial score (nSPS) is 10.7. The fourth-order valence-corrected chi connectivity index (χ4v) is 2.60. The van der Waals surface area contributed by atoms with Gasteiger partial charge in [-0.2, -0.15) is 0 Å². The number of nitrogens with zero attached hydrogens (tertiary/aromatic N) is 1. The van der Waals surface area contributed by atoms with Gasteiger partial charge in [-0.15, -0.1) is 11.8 Å². The Kier molecular flexibility index (Phi) is 6.46. The van der Waals surface area contributed by atoms with Gasteiger partial charge in [0.15, 0.2) is 0 Å². The van der Waals surface area contributed by atoms with Gasteiger partial charge in [-0.3, -0.25) is 0 Å². The summed E-state index contributed by atoms with van der Waals surface area (Å²) >= 11 is 6.85. The van der Waals surface area contributed by atoms with E-state index in [0.29, 0.717) is 11.6 Å². The number of ether oxygens (including phenoxy) is 1. The minimum Gasteiger partial charge on any atom is -0.491 e. The van der Waals surface area contributed by atoms with E-state index < -0.39 is 0 Å².